The third kappa shape index (κ3) is 3.38. The number of amides is 1. The highest BCUT2D eigenvalue weighted by Gasteiger charge is 2.50. The highest BCUT2D eigenvalue weighted by Crippen LogP contribution is 2.37. The molecule has 0 spiro atoms. The Labute approximate surface area is 144 Å². The van der Waals surface area contributed by atoms with Crippen LogP contribution in [0.25, 0.3) is 0 Å². The fraction of sp³-hybridized carbons (Fsp3) is 0.722. The average Bonchev–Trinajstić information content (AvgIpc) is 3.15. The van der Waals surface area contributed by atoms with E-state index in [-0.39, 0.29) is 11.9 Å². The average molecular weight is 331 g/mol. The van der Waals surface area contributed by atoms with Crippen molar-refractivity contribution in [2.24, 2.45) is 17.6 Å². The van der Waals surface area contributed by atoms with Crippen molar-refractivity contribution in [3.63, 3.8) is 0 Å². The maximum atomic E-state index is 12.6. The highest BCUT2D eigenvalue weighted by molar-refractivity contribution is 5.89. The Hall–Kier alpha value is -1.69. The molecule has 3 rings (SSSR count). The predicted octanol–water partition coefficient (Wildman–Crippen LogP) is 1.99. The number of rotatable bonds is 5. The second-order valence-electron chi connectivity index (χ2n) is 8.01. The van der Waals surface area contributed by atoms with Gasteiger partial charge in [0.25, 0.3) is 0 Å². The molecule has 1 saturated heterocycles. The number of anilines is 1. The van der Waals surface area contributed by atoms with Crippen LogP contribution in [-0.2, 0) is 4.79 Å². The van der Waals surface area contributed by atoms with E-state index in [1.165, 1.54) is 0 Å². The molecule has 0 unspecified atom stereocenters. The minimum atomic E-state index is -0.587. The first-order valence-corrected chi connectivity index (χ1v) is 8.97. The van der Waals surface area contributed by atoms with E-state index in [9.17, 15) is 4.79 Å². The minimum absolute atomic E-state index is 0.114. The molecular formula is C18H29N5O. The Morgan fingerprint density at radius 1 is 1.29 bits per heavy atom. The summed E-state index contributed by atoms with van der Waals surface area (Å²) in [5.74, 6) is 2.20. The summed E-state index contributed by atoms with van der Waals surface area (Å²) in [7, 11) is 0. The van der Waals surface area contributed by atoms with Gasteiger partial charge in [-0.05, 0) is 24.7 Å². The molecule has 0 aromatic carbocycles. The van der Waals surface area contributed by atoms with Gasteiger partial charge in [-0.25, -0.2) is 9.97 Å². The molecule has 1 amide bonds. The van der Waals surface area contributed by atoms with Gasteiger partial charge in [-0.2, -0.15) is 0 Å². The van der Waals surface area contributed by atoms with Gasteiger partial charge in [0, 0.05) is 36.8 Å². The van der Waals surface area contributed by atoms with Crippen LogP contribution in [0.2, 0.25) is 0 Å². The summed E-state index contributed by atoms with van der Waals surface area (Å²) in [6, 6.07) is 2.21. The number of nitrogens with zero attached hydrogens (tertiary/aromatic N) is 3. The summed E-state index contributed by atoms with van der Waals surface area (Å²) in [6.07, 6.45) is 3.24. The zero-order valence-corrected chi connectivity index (χ0v) is 15.1. The van der Waals surface area contributed by atoms with E-state index >= 15 is 0 Å². The molecule has 1 aromatic rings. The molecule has 2 heterocycles. The van der Waals surface area contributed by atoms with Gasteiger partial charge >= 0.3 is 0 Å². The van der Waals surface area contributed by atoms with Gasteiger partial charge in [0.15, 0.2) is 0 Å². The van der Waals surface area contributed by atoms with Crippen molar-refractivity contribution in [2.45, 2.75) is 58.0 Å². The summed E-state index contributed by atoms with van der Waals surface area (Å²) in [4.78, 5) is 23.2. The molecular weight excluding hydrogens is 302 g/mol. The summed E-state index contributed by atoms with van der Waals surface area (Å²) in [6.45, 7) is 10.1. The van der Waals surface area contributed by atoms with Gasteiger partial charge in [0.05, 0.1) is 5.54 Å². The van der Waals surface area contributed by atoms with Crippen molar-refractivity contribution in [1.29, 1.82) is 0 Å². The first-order valence-electron chi connectivity index (χ1n) is 8.97. The summed E-state index contributed by atoms with van der Waals surface area (Å²) < 4.78 is 0. The Morgan fingerprint density at radius 3 is 2.58 bits per heavy atom. The Kier molecular flexibility index (Phi) is 4.51. The number of likely N-dealkylation sites (tertiary alicyclic amines) is 1. The van der Waals surface area contributed by atoms with Crippen LogP contribution in [-0.4, -0.2) is 45.4 Å². The van der Waals surface area contributed by atoms with E-state index in [1.807, 2.05) is 11.0 Å². The molecule has 6 nitrogen and oxygen atoms in total. The van der Waals surface area contributed by atoms with Crippen molar-refractivity contribution in [2.75, 3.05) is 18.4 Å². The molecule has 2 atom stereocenters. The van der Waals surface area contributed by atoms with Crippen LogP contribution in [0, 0.1) is 11.8 Å². The smallest absolute Gasteiger partial charge is 0.242 e. The molecule has 3 N–H and O–H groups in total. The largest absolute Gasteiger partial charge is 0.365 e. The van der Waals surface area contributed by atoms with Crippen LogP contribution in [0.1, 0.15) is 52.1 Å². The van der Waals surface area contributed by atoms with Crippen molar-refractivity contribution in [3.8, 4) is 0 Å². The second kappa shape index (κ2) is 6.31. The van der Waals surface area contributed by atoms with E-state index in [2.05, 4.69) is 43.0 Å². The summed E-state index contributed by atoms with van der Waals surface area (Å²) in [5, 5.41) is 3.54. The third-order valence-electron chi connectivity index (χ3n) is 5.34. The van der Waals surface area contributed by atoms with Crippen LogP contribution in [0.3, 0.4) is 0 Å². The first-order chi connectivity index (χ1) is 11.3. The Morgan fingerprint density at radius 2 is 2.00 bits per heavy atom. The molecule has 6 heteroatoms. The summed E-state index contributed by atoms with van der Waals surface area (Å²) >= 11 is 0. The van der Waals surface area contributed by atoms with E-state index in [4.69, 9.17) is 5.73 Å². The van der Waals surface area contributed by atoms with E-state index < -0.39 is 5.54 Å². The van der Waals surface area contributed by atoms with Crippen molar-refractivity contribution < 1.29 is 4.79 Å². The van der Waals surface area contributed by atoms with Crippen LogP contribution in [0.4, 0.5) is 5.82 Å². The number of hydrogen-bond acceptors (Lipinski definition) is 5. The molecule has 1 aliphatic carbocycles. The molecule has 24 heavy (non-hydrogen) atoms. The maximum Gasteiger partial charge on any atom is 0.242 e. The molecule has 0 bridgehead atoms. The van der Waals surface area contributed by atoms with Gasteiger partial charge in [0.2, 0.25) is 5.91 Å². The lowest BCUT2D eigenvalue weighted by Gasteiger charge is -2.23. The molecule has 1 saturated carbocycles. The number of carbonyl (C=O) groups is 1. The first kappa shape index (κ1) is 17.1. The standard InChI is InChI=1S/C18H29N5O/c1-11(2)13-8-23(17(24)18(19)5-6-18)9-15(13)22-16-7-14(12(3)4)20-10-21-16/h7,10-13,15H,5-6,8-9,19H2,1-4H3,(H,20,21,22)/t13-,15+/m1/s1. The minimum Gasteiger partial charge on any atom is -0.365 e. The predicted molar refractivity (Wildman–Crippen MR) is 94.6 cm³/mol. The van der Waals surface area contributed by atoms with Gasteiger partial charge in [0.1, 0.15) is 12.1 Å². The van der Waals surface area contributed by atoms with Crippen molar-refractivity contribution in [1.82, 2.24) is 14.9 Å². The number of nitrogens with two attached hydrogens (primary N) is 1. The molecule has 2 aliphatic rings. The van der Waals surface area contributed by atoms with Crippen LogP contribution < -0.4 is 11.1 Å². The number of hydrogen-bond donors (Lipinski definition) is 2. The number of nitrogens with one attached hydrogen (secondary N) is 1. The van der Waals surface area contributed by atoms with Crippen molar-refractivity contribution >= 4 is 11.7 Å². The second-order valence-corrected chi connectivity index (χ2v) is 8.01. The third-order valence-corrected chi connectivity index (χ3v) is 5.34. The molecule has 2 fully saturated rings. The molecule has 1 aromatic heterocycles. The van der Waals surface area contributed by atoms with Gasteiger partial charge in [-0.15, -0.1) is 0 Å². The topological polar surface area (TPSA) is 84.1 Å². The molecule has 0 radical (unpaired) electrons. The van der Waals surface area contributed by atoms with Crippen LogP contribution in [0.5, 0.6) is 0 Å². The lowest BCUT2D eigenvalue weighted by atomic mass is 9.91. The van der Waals surface area contributed by atoms with E-state index in [0.29, 0.717) is 24.3 Å². The zero-order valence-electron chi connectivity index (χ0n) is 15.1. The lowest BCUT2D eigenvalue weighted by Crippen LogP contribution is -2.45. The SMILES string of the molecule is CC(C)c1cc(N[C@H]2CN(C(=O)C3(N)CC3)C[C@@H]2C(C)C)ncn1. The lowest BCUT2D eigenvalue weighted by molar-refractivity contribution is -0.132. The summed E-state index contributed by atoms with van der Waals surface area (Å²) in [5.41, 5.74) is 6.55. The maximum absolute atomic E-state index is 12.6. The van der Waals surface area contributed by atoms with Crippen LogP contribution >= 0.6 is 0 Å². The normalized spacial score (nSPS) is 25.4. The van der Waals surface area contributed by atoms with E-state index in [1.54, 1.807) is 6.33 Å². The Balaban J connectivity index is 1.73. The molecule has 132 valence electrons. The van der Waals surface area contributed by atoms with Gasteiger partial charge in [-0.1, -0.05) is 27.7 Å². The quantitative estimate of drug-likeness (QED) is 0.862. The van der Waals surface area contributed by atoms with Crippen molar-refractivity contribution in [3.05, 3.63) is 18.1 Å². The number of carbonyl (C=O) groups excluding carboxylic acids is 1. The highest BCUT2D eigenvalue weighted by atomic mass is 16.2. The monoisotopic (exact) mass is 331 g/mol. The Bertz CT molecular complexity index is 611. The number of aromatic nitrogens is 2. The fourth-order valence-corrected chi connectivity index (χ4v) is 3.44. The zero-order chi connectivity index (χ0) is 17.5. The van der Waals surface area contributed by atoms with E-state index in [0.717, 1.165) is 30.9 Å². The molecule has 1 aliphatic heterocycles. The van der Waals surface area contributed by atoms with Crippen LogP contribution in [0.15, 0.2) is 12.4 Å². The van der Waals surface area contributed by atoms with Gasteiger partial charge < -0.3 is 16.0 Å². The fourth-order valence-electron chi connectivity index (χ4n) is 3.44. The van der Waals surface area contributed by atoms with Gasteiger partial charge in [-0.3, -0.25) is 4.79 Å².